The zero-order valence-electron chi connectivity index (χ0n) is 12.8. The lowest BCUT2D eigenvalue weighted by atomic mass is 10.2. The van der Waals surface area contributed by atoms with Gasteiger partial charge < -0.3 is 15.2 Å². The molecule has 118 valence electrons. The molecule has 0 aliphatic carbocycles. The van der Waals surface area contributed by atoms with Crippen molar-refractivity contribution in [2.24, 2.45) is 0 Å². The summed E-state index contributed by atoms with van der Waals surface area (Å²) in [5.74, 6) is 0.817. The smallest absolute Gasteiger partial charge is 0.119 e. The fraction of sp³-hybridized carbons (Fsp3) is 0.333. The van der Waals surface area contributed by atoms with Gasteiger partial charge in [-0.1, -0.05) is 48.9 Å². The molecule has 0 radical (unpaired) electrons. The second kappa shape index (κ2) is 8.79. The SMILES string of the molecule is CCC(CO)NCc1ccc(OCc2ccccc2Cl)cc1. The Kier molecular flexibility index (Phi) is 6.72. The van der Waals surface area contributed by atoms with Crippen LogP contribution in [0.4, 0.5) is 0 Å². The summed E-state index contributed by atoms with van der Waals surface area (Å²) in [6.07, 6.45) is 0.912. The molecule has 2 aromatic rings. The number of benzene rings is 2. The fourth-order valence-corrected chi connectivity index (χ4v) is 2.27. The number of ether oxygens (including phenoxy) is 1. The van der Waals surface area contributed by atoms with Crippen molar-refractivity contribution in [1.82, 2.24) is 5.32 Å². The van der Waals surface area contributed by atoms with Crippen LogP contribution in [0.1, 0.15) is 24.5 Å². The topological polar surface area (TPSA) is 41.5 Å². The third-order valence-corrected chi connectivity index (χ3v) is 3.95. The van der Waals surface area contributed by atoms with E-state index in [1.807, 2.05) is 48.5 Å². The molecule has 0 saturated heterocycles. The van der Waals surface area contributed by atoms with Crippen LogP contribution in [0, 0.1) is 0 Å². The van der Waals surface area contributed by atoms with Crippen molar-refractivity contribution in [3.8, 4) is 5.75 Å². The largest absolute Gasteiger partial charge is 0.489 e. The predicted octanol–water partition coefficient (Wildman–Crippen LogP) is 3.78. The standard InChI is InChI=1S/C18H22ClNO2/c1-2-16(12-21)20-11-14-7-9-17(10-8-14)22-13-15-5-3-4-6-18(15)19/h3-10,16,20-21H,2,11-13H2,1H3. The molecular weight excluding hydrogens is 298 g/mol. The number of aliphatic hydroxyl groups is 1. The van der Waals surface area contributed by atoms with Crippen molar-refractivity contribution >= 4 is 11.6 Å². The molecule has 0 aliphatic heterocycles. The van der Waals surface area contributed by atoms with Crippen LogP contribution in [-0.4, -0.2) is 17.8 Å². The third kappa shape index (κ3) is 5.02. The Morgan fingerprint density at radius 3 is 2.50 bits per heavy atom. The highest BCUT2D eigenvalue weighted by Crippen LogP contribution is 2.19. The third-order valence-electron chi connectivity index (χ3n) is 3.58. The van der Waals surface area contributed by atoms with E-state index in [1.165, 1.54) is 0 Å². The van der Waals surface area contributed by atoms with E-state index in [0.717, 1.165) is 34.9 Å². The maximum Gasteiger partial charge on any atom is 0.119 e. The number of nitrogens with one attached hydrogen (secondary N) is 1. The van der Waals surface area contributed by atoms with Crippen molar-refractivity contribution in [2.75, 3.05) is 6.61 Å². The molecule has 1 atom stereocenters. The number of aliphatic hydroxyl groups excluding tert-OH is 1. The van der Waals surface area contributed by atoms with Crippen molar-refractivity contribution < 1.29 is 9.84 Å². The second-order valence-corrected chi connectivity index (χ2v) is 5.60. The molecule has 0 aromatic heterocycles. The van der Waals surface area contributed by atoms with Gasteiger partial charge in [0.05, 0.1) is 6.61 Å². The monoisotopic (exact) mass is 319 g/mol. The van der Waals surface area contributed by atoms with Gasteiger partial charge in [0, 0.05) is 23.2 Å². The summed E-state index contributed by atoms with van der Waals surface area (Å²) in [7, 11) is 0. The summed E-state index contributed by atoms with van der Waals surface area (Å²) in [6.45, 7) is 3.42. The summed E-state index contributed by atoms with van der Waals surface area (Å²) in [5.41, 5.74) is 2.14. The summed E-state index contributed by atoms with van der Waals surface area (Å²) < 4.78 is 5.75. The lowest BCUT2D eigenvalue weighted by Gasteiger charge is -2.14. The molecule has 4 heteroatoms. The molecule has 0 bridgehead atoms. The molecule has 0 fully saturated rings. The van der Waals surface area contributed by atoms with Gasteiger partial charge >= 0.3 is 0 Å². The van der Waals surface area contributed by atoms with Crippen LogP contribution in [0.2, 0.25) is 5.02 Å². The molecule has 0 heterocycles. The van der Waals surface area contributed by atoms with Gasteiger partial charge in [0.2, 0.25) is 0 Å². The average Bonchev–Trinajstić information content (AvgIpc) is 2.56. The summed E-state index contributed by atoms with van der Waals surface area (Å²) >= 11 is 6.11. The molecule has 0 saturated carbocycles. The number of halogens is 1. The first kappa shape index (κ1) is 16.8. The van der Waals surface area contributed by atoms with E-state index in [4.69, 9.17) is 21.4 Å². The Morgan fingerprint density at radius 2 is 1.86 bits per heavy atom. The quantitative estimate of drug-likeness (QED) is 0.778. The van der Waals surface area contributed by atoms with Crippen LogP contribution >= 0.6 is 11.6 Å². The zero-order chi connectivity index (χ0) is 15.8. The van der Waals surface area contributed by atoms with Crippen LogP contribution < -0.4 is 10.1 Å². The Labute approximate surface area is 136 Å². The summed E-state index contributed by atoms with van der Waals surface area (Å²) in [4.78, 5) is 0. The average molecular weight is 320 g/mol. The molecule has 0 amide bonds. The lowest BCUT2D eigenvalue weighted by Crippen LogP contribution is -2.31. The van der Waals surface area contributed by atoms with Gasteiger partial charge in [0.15, 0.2) is 0 Å². The molecule has 0 spiro atoms. The maximum atomic E-state index is 9.16. The van der Waals surface area contributed by atoms with E-state index >= 15 is 0 Å². The predicted molar refractivity (Wildman–Crippen MR) is 90.2 cm³/mol. The molecule has 3 nitrogen and oxygen atoms in total. The Hall–Kier alpha value is -1.55. The van der Waals surface area contributed by atoms with Crippen LogP contribution in [0.5, 0.6) is 5.75 Å². The van der Waals surface area contributed by atoms with Crippen LogP contribution in [-0.2, 0) is 13.2 Å². The van der Waals surface area contributed by atoms with Gasteiger partial charge in [-0.05, 0) is 30.2 Å². The van der Waals surface area contributed by atoms with Crippen LogP contribution in [0.3, 0.4) is 0 Å². The first-order valence-corrected chi connectivity index (χ1v) is 7.90. The van der Waals surface area contributed by atoms with Gasteiger partial charge in [-0.2, -0.15) is 0 Å². The molecule has 1 unspecified atom stereocenters. The van der Waals surface area contributed by atoms with E-state index in [1.54, 1.807) is 0 Å². The van der Waals surface area contributed by atoms with Gasteiger partial charge in [0.25, 0.3) is 0 Å². The van der Waals surface area contributed by atoms with E-state index in [0.29, 0.717) is 6.61 Å². The maximum absolute atomic E-state index is 9.16. The second-order valence-electron chi connectivity index (χ2n) is 5.19. The molecule has 2 N–H and O–H groups in total. The van der Waals surface area contributed by atoms with E-state index in [2.05, 4.69) is 12.2 Å². The first-order valence-electron chi connectivity index (χ1n) is 7.52. The summed E-state index contributed by atoms with van der Waals surface area (Å²) in [5, 5.41) is 13.2. The Balaban J connectivity index is 1.85. The molecule has 2 aromatic carbocycles. The van der Waals surface area contributed by atoms with E-state index < -0.39 is 0 Å². The minimum atomic E-state index is 0.149. The molecule has 2 rings (SSSR count). The van der Waals surface area contributed by atoms with Crippen molar-refractivity contribution in [2.45, 2.75) is 32.5 Å². The highest BCUT2D eigenvalue weighted by Gasteiger charge is 2.04. The summed E-state index contributed by atoms with van der Waals surface area (Å²) in [6, 6.07) is 15.8. The fourth-order valence-electron chi connectivity index (χ4n) is 2.08. The van der Waals surface area contributed by atoms with E-state index in [9.17, 15) is 0 Å². The Bertz CT molecular complexity index is 568. The number of hydrogen-bond donors (Lipinski definition) is 2. The molecule has 0 aliphatic rings. The highest BCUT2D eigenvalue weighted by molar-refractivity contribution is 6.31. The van der Waals surface area contributed by atoms with Crippen molar-refractivity contribution in [3.05, 3.63) is 64.7 Å². The van der Waals surface area contributed by atoms with Gasteiger partial charge in [0.1, 0.15) is 12.4 Å². The van der Waals surface area contributed by atoms with Crippen LogP contribution in [0.15, 0.2) is 48.5 Å². The first-order chi connectivity index (χ1) is 10.7. The lowest BCUT2D eigenvalue weighted by molar-refractivity contribution is 0.238. The van der Waals surface area contributed by atoms with Crippen molar-refractivity contribution in [1.29, 1.82) is 0 Å². The molecule has 22 heavy (non-hydrogen) atoms. The van der Waals surface area contributed by atoms with Gasteiger partial charge in [-0.3, -0.25) is 0 Å². The number of hydrogen-bond acceptors (Lipinski definition) is 3. The minimum absolute atomic E-state index is 0.149. The Morgan fingerprint density at radius 1 is 1.14 bits per heavy atom. The van der Waals surface area contributed by atoms with Crippen molar-refractivity contribution in [3.63, 3.8) is 0 Å². The molecular formula is C18H22ClNO2. The highest BCUT2D eigenvalue weighted by atomic mass is 35.5. The van der Waals surface area contributed by atoms with Gasteiger partial charge in [-0.25, -0.2) is 0 Å². The normalized spacial score (nSPS) is 12.1. The minimum Gasteiger partial charge on any atom is -0.489 e. The zero-order valence-corrected chi connectivity index (χ0v) is 13.5. The van der Waals surface area contributed by atoms with E-state index in [-0.39, 0.29) is 12.6 Å². The van der Waals surface area contributed by atoms with Crippen LogP contribution in [0.25, 0.3) is 0 Å². The van der Waals surface area contributed by atoms with Gasteiger partial charge in [-0.15, -0.1) is 0 Å². The number of rotatable bonds is 8.